The molecule has 4 rings (SSSR count). The molecule has 32 heavy (non-hydrogen) atoms. The topological polar surface area (TPSA) is 74.0 Å². The van der Waals surface area contributed by atoms with Gasteiger partial charge < -0.3 is 10.1 Å². The molecule has 0 aliphatic carbocycles. The maximum absolute atomic E-state index is 13.0. The van der Waals surface area contributed by atoms with Crippen molar-refractivity contribution in [2.75, 3.05) is 5.32 Å². The van der Waals surface area contributed by atoms with Gasteiger partial charge in [-0.05, 0) is 61.9 Å². The van der Waals surface area contributed by atoms with Gasteiger partial charge in [-0.3, -0.25) is 9.48 Å². The van der Waals surface area contributed by atoms with Crippen LogP contribution in [0.4, 0.5) is 10.1 Å². The minimum atomic E-state index is -0.348. The van der Waals surface area contributed by atoms with E-state index in [1.54, 1.807) is 12.3 Å². The first-order chi connectivity index (χ1) is 15.4. The van der Waals surface area contributed by atoms with Crippen LogP contribution < -0.4 is 10.1 Å². The summed E-state index contributed by atoms with van der Waals surface area (Å²) in [6.45, 7) is 4.37. The van der Waals surface area contributed by atoms with Crippen LogP contribution in [0.15, 0.2) is 60.8 Å². The van der Waals surface area contributed by atoms with Gasteiger partial charge in [0.05, 0.1) is 23.6 Å². The molecule has 0 unspecified atom stereocenters. The fourth-order valence-electron chi connectivity index (χ4n) is 3.24. The summed E-state index contributed by atoms with van der Waals surface area (Å²) in [5.41, 5.74) is 3.44. The zero-order valence-corrected chi connectivity index (χ0v) is 18.3. The van der Waals surface area contributed by atoms with Gasteiger partial charge in [0.15, 0.2) is 12.4 Å². The quantitative estimate of drug-likeness (QED) is 0.435. The summed E-state index contributed by atoms with van der Waals surface area (Å²) < 4.78 is 21.8. The lowest BCUT2D eigenvalue weighted by Gasteiger charge is -2.07. The summed E-state index contributed by atoms with van der Waals surface area (Å²) in [5, 5.41) is 12.4. The summed E-state index contributed by atoms with van der Waals surface area (Å²) in [6, 6.07) is 14.9. The number of nitrogens with one attached hydrogen (secondary N) is 1. The molecule has 0 saturated carbocycles. The molecule has 164 valence electrons. The Hall–Kier alpha value is -3.65. The molecule has 1 amide bonds. The Morgan fingerprint density at radius 2 is 1.91 bits per heavy atom. The lowest BCUT2D eigenvalue weighted by atomic mass is 10.2. The zero-order chi connectivity index (χ0) is 22.7. The molecular formula is C23H21ClFN5O2. The Labute approximate surface area is 189 Å². The lowest BCUT2D eigenvalue weighted by molar-refractivity contribution is 0.102. The van der Waals surface area contributed by atoms with Crippen LogP contribution in [-0.4, -0.2) is 25.5 Å². The number of aromatic nitrogens is 4. The first-order valence-electron chi connectivity index (χ1n) is 9.90. The van der Waals surface area contributed by atoms with Crippen molar-refractivity contribution in [3.05, 3.63) is 94.3 Å². The number of carbonyl (C=O) groups excluding carboxylic acids is 1. The summed E-state index contributed by atoms with van der Waals surface area (Å²) in [4.78, 5) is 12.7. The van der Waals surface area contributed by atoms with E-state index in [4.69, 9.17) is 16.3 Å². The van der Waals surface area contributed by atoms with Crippen molar-refractivity contribution in [1.82, 2.24) is 19.6 Å². The third-order valence-electron chi connectivity index (χ3n) is 4.89. The van der Waals surface area contributed by atoms with E-state index in [0.29, 0.717) is 28.7 Å². The average Bonchev–Trinajstić information content (AvgIpc) is 3.34. The van der Waals surface area contributed by atoms with Crippen LogP contribution >= 0.6 is 11.6 Å². The molecule has 7 nitrogen and oxygen atoms in total. The zero-order valence-electron chi connectivity index (χ0n) is 17.5. The number of amides is 1. The highest BCUT2D eigenvalue weighted by Crippen LogP contribution is 2.22. The molecule has 2 aromatic carbocycles. The predicted octanol–water partition coefficient (Wildman–Crippen LogP) is 4.83. The molecule has 0 spiro atoms. The van der Waals surface area contributed by atoms with Gasteiger partial charge in [0, 0.05) is 11.2 Å². The van der Waals surface area contributed by atoms with Gasteiger partial charge in [-0.15, -0.1) is 0 Å². The minimum Gasteiger partial charge on any atom is -0.471 e. The van der Waals surface area contributed by atoms with E-state index in [0.717, 1.165) is 11.3 Å². The second kappa shape index (κ2) is 9.23. The number of ether oxygens (including phenoxy) is 1. The van der Waals surface area contributed by atoms with Crippen molar-refractivity contribution in [1.29, 1.82) is 0 Å². The molecule has 4 aromatic rings. The van der Waals surface area contributed by atoms with Crippen LogP contribution in [0.2, 0.25) is 5.02 Å². The van der Waals surface area contributed by atoms with Gasteiger partial charge in [-0.1, -0.05) is 23.7 Å². The highest BCUT2D eigenvalue weighted by Gasteiger charge is 2.17. The number of carbonyl (C=O) groups is 1. The number of hydrogen-bond donors (Lipinski definition) is 1. The van der Waals surface area contributed by atoms with Crippen molar-refractivity contribution in [3.8, 4) is 5.75 Å². The molecule has 0 aliphatic rings. The van der Waals surface area contributed by atoms with Crippen LogP contribution in [0, 0.1) is 19.7 Å². The number of hydrogen-bond acceptors (Lipinski definition) is 4. The van der Waals surface area contributed by atoms with E-state index in [9.17, 15) is 9.18 Å². The lowest BCUT2D eigenvalue weighted by Crippen LogP contribution is -2.15. The summed E-state index contributed by atoms with van der Waals surface area (Å²) >= 11 is 6.07. The maximum Gasteiger partial charge on any atom is 0.276 e. The summed E-state index contributed by atoms with van der Waals surface area (Å²) in [5.74, 6) is -0.179. The number of nitrogens with zero attached hydrogens (tertiary/aromatic N) is 4. The molecule has 0 atom stereocenters. The maximum atomic E-state index is 13.0. The van der Waals surface area contributed by atoms with Crippen molar-refractivity contribution >= 4 is 23.2 Å². The average molecular weight is 454 g/mol. The summed E-state index contributed by atoms with van der Waals surface area (Å²) in [7, 11) is 0. The van der Waals surface area contributed by atoms with Crippen LogP contribution in [-0.2, 0) is 13.3 Å². The van der Waals surface area contributed by atoms with Crippen molar-refractivity contribution in [2.24, 2.45) is 0 Å². The molecule has 1 N–H and O–H groups in total. The Bertz CT molecular complexity index is 1250. The Morgan fingerprint density at radius 1 is 1.12 bits per heavy atom. The normalized spacial score (nSPS) is 10.9. The monoisotopic (exact) mass is 453 g/mol. The molecular weight excluding hydrogens is 433 g/mol. The number of aryl methyl sites for hydroxylation is 1. The van der Waals surface area contributed by atoms with E-state index in [2.05, 4.69) is 15.5 Å². The van der Waals surface area contributed by atoms with Gasteiger partial charge in [-0.2, -0.15) is 10.2 Å². The van der Waals surface area contributed by atoms with Gasteiger partial charge >= 0.3 is 0 Å². The predicted molar refractivity (Wildman–Crippen MR) is 119 cm³/mol. The van der Waals surface area contributed by atoms with E-state index >= 15 is 0 Å². The van der Waals surface area contributed by atoms with Gasteiger partial charge in [0.25, 0.3) is 5.91 Å². The van der Waals surface area contributed by atoms with Crippen molar-refractivity contribution in [3.63, 3.8) is 0 Å². The molecule has 9 heteroatoms. The van der Waals surface area contributed by atoms with E-state index in [-0.39, 0.29) is 24.1 Å². The third kappa shape index (κ3) is 4.97. The smallest absolute Gasteiger partial charge is 0.276 e. The van der Waals surface area contributed by atoms with Gasteiger partial charge in [-0.25, -0.2) is 9.07 Å². The van der Waals surface area contributed by atoms with Gasteiger partial charge in [0.1, 0.15) is 11.6 Å². The number of rotatable bonds is 7. The molecule has 0 fully saturated rings. The fourth-order valence-corrected chi connectivity index (χ4v) is 3.46. The van der Waals surface area contributed by atoms with Crippen molar-refractivity contribution in [2.45, 2.75) is 27.1 Å². The molecule has 2 heterocycles. The van der Waals surface area contributed by atoms with E-state index in [1.807, 2.05) is 42.8 Å². The van der Waals surface area contributed by atoms with E-state index in [1.165, 1.54) is 28.9 Å². The molecule has 0 aliphatic heterocycles. The first kappa shape index (κ1) is 21.6. The molecule has 0 saturated heterocycles. The number of halogens is 2. The standard InChI is InChI=1S/C23H21ClFN5O2/c1-15-22(16(2)30(27-15)13-17-4-3-5-18(24)12-17)26-23(31)21-10-11-29(28-21)14-32-20-8-6-19(25)7-9-20/h3-12H,13-14H2,1-2H3,(H,26,31). The highest BCUT2D eigenvalue weighted by molar-refractivity contribution is 6.30. The fraction of sp³-hybridized carbons (Fsp3) is 0.174. The largest absolute Gasteiger partial charge is 0.471 e. The van der Waals surface area contributed by atoms with Crippen LogP contribution in [0.25, 0.3) is 0 Å². The highest BCUT2D eigenvalue weighted by atomic mass is 35.5. The summed E-state index contributed by atoms with van der Waals surface area (Å²) in [6.07, 6.45) is 1.64. The van der Waals surface area contributed by atoms with Crippen LogP contribution in [0.3, 0.4) is 0 Å². The Morgan fingerprint density at radius 3 is 2.66 bits per heavy atom. The molecule has 0 radical (unpaired) electrons. The Balaban J connectivity index is 1.41. The van der Waals surface area contributed by atoms with Crippen molar-refractivity contribution < 1.29 is 13.9 Å². The van der Waals surface area contributed by atoms with Crippen LogP contribution in [0.5, 0.6) is 5.75 Å². The molecule has 0 bridgehead atoms. The van der Waals surface area contributed by atoms with Crippen LogP contribution in [0.1, 0.15) is 27.4 Å². The second-order valence-electron chi connectivity index (χ2n) is 7.26. The van der Waals surface area contributed by atoms with E-state index < -0.39 is 0 Å². The third-order valence-corrected chi connectivity index (χ3v) is 5.13. The number of benzene rings is 2. The minimum absolute atomic E-state index is 0.0918. The molecule has 2 aromatic heterocycles. The number of anilines is 1. The SMILES string of the molecule is Cc1nn(Cc2cccc(Cl)c2)c(C)c1NC(=O)c1ccn(COc2ccc(F)cc2)n1. The second-order valence-corrected chi connectivity index (χ2v) is 7.69. The Kier molecular flexibility index (Phi) is 6.23. The van der Waals surface area contributed by atoms with Gasteiger partial charge in [0.2, 0.25) is 0 Å². The first-order valence-corrected chi connectivity index (χ1v) is 10.3.